The highest BCUT2D eigenvalue weighted by molar-refractivity contribution is 5.94. The second kappa shape index (κ2) is 7.98. The third kappa shape index (κ3) is 3.30. The van der Waals surface area contributed by atoms with Crippen molar-refractivity contribution in [1.82, 2.24) is 9.55 Å². The number of methoxy groups -OCH3 is 4. The first-order chi connectivity index (χ1) is 14.6. The summed E-state index contributed by atoms with van der Waals surface area (Å²) in [6.45, 7) is 0. The van der Waals surface area contributed by atoms with Crippen molar-refractivity contribution >= 4 is 11.7 Å². The normalized spacial score (nSPS) is 15.2. The van der Waals surface area contributed by atoms with Crippen molar-refractivity contribution in [2.24, 2.45) is 0 Å². The highest BCUT2D eigenvalue weighted by Gasteiger charge is 2.33. The van der Waals surface area contributed by atoms with Crippen molar-refractivity contribution in [3.8, 4) is 28.7 Å². The van der Waals surface area contributed by atoms with Gasteiger partial charge in [-0.25, -0.2) is 4.98 Å². The Morgan fingerprint density at radius 3 is 2.33 bits per heavy atom. The molecule has 1 aliphatic rings. The van der Waals surface area contributed by atoms with Gasteiger partial charge in [0.25, 0.3) is 0 Å². The lowest BCUT2D eigenvalue weighted by Crippen LogP contribution is -2.25. The van der Waals surface area contributed by atoms with E-state index in [0.29, 0.717) is 34.5 Å². The Balaban J connectivity index is 1.85. The molecule has 3 aromatic rings. The first-order valence-corrected chi connectivity index (χ1v) is 9.41. The summed E-state index contributed by atoms with van der Waals surface area (Å²) in [5.74, 6) is 2.87. The van der Waals surface area contributed by atoms with E-state index in [1.54, 1.807) is 39.3 Å². The molecule has 0 aliphatic carbocycles. The number of fused-ring (bicyclic) bond motifs is 1. The molecular weight excluding hydrogens is 386 g/mol. The van der Waals surface area contributed by atoms with Crippen LogP contribution in [-0.2, 0) is 4.79 Å². The predicted octanol–water partition coefficient (Wildman–Crippen LogP) is 3.38. The molecule has 0 saturated carbocycles. The van der Waals surface area contributed by atoms with Crippen LogP contribution in [0.1, 0.15) is 23.6 Å². The molecule has 4 rings (SSSR count). The fourth-order valence-electron chi connectivity index (χ4n) is 3.74. The lowest BCUT2D eigenvalue weighted by atomic mass is 9.89. The molecular formula is C22H23N3O5. The zero-order chi connectivity index (χ0) is 21.3. The van der Waals surface area contributed by atoms with E-state index in [0.717, 1.165) is 11.3 Å². The topological polar surface area (TPSA) is 83.8 Å². The Bertz CT molecular complexity index is 1090. The van der Waals surface area contributed by atoms with Gasteiger partial charge in [-0.15, -0.1) is 0 Å². The van der Waals surface area contributed by atoms with E-state index in [1.165, 1.54) is 0 Å². The molecule has 0 bridgehead atoms. The van der Waals surface area contributed by atoms with E-state index in [2.05, 4.69) is 10.3 Å². The lowest BCUT2D eigenvalue weighted by Gasteiger charge is -2.25. The van der Waals surface area contributed by atoms with Gasteiger partial charge in [-0.05, 0) is 18.2 Å². The van der Waals surface area contributed by atoms with Crippen LogP contribution in [-0.4, -0.2) is 43.9 Å². The number of benzene rings is 2. The van der Waals surface area contributed by atoms with Crippen LogP contribution in [0.15, 0.2) is 42.7 Å². The number of carbonyl (C=O) groups is 1. The van der Waals surface area contributed by atoms with Crippen molar-refractivity contribution in [3.63, 3.8) is 0 Å². The molecule has 0 unspecified atom stereocenters. The van der Waals surface area contributed by atoms with Crippen molar-refractivity contribution in [2.45, 2.75) is 12.3 Å². The number of hydrogen-bond donors (Lipinski definition) is 1. The average molecular weight is 409 g/mol. The second-order valence-electron chi connectivity index (χ2n) is 6.80. The second-order valence-corrected chi connectivity index (χ2v) is 6.80. The summed E-state index contributed by atoms with van der Waals surface area (Å²) >= 11 is 0. The minimum absolute atomic E-state index is 0.103. The fourth-order valence-corrected chi connectivity index (χ4v) is 3.74. The van der Waals surface area contributed by atoms with Crippen molar-refractivity contribution in [1.29, 1.82) is 0 Å². The van der Waals surface area contributed by atoms with E-state index in [-0.39, 0.29) is 18.2 Å². The summed E-state index contributed by atoms with van der Waals surface area (Å²) in [6, 6.07) is 11.0. The van der Waals surface area contributed by atoms with Gasteiger partial charge >= 0.3 is 0 Å². The highest BCUT2D eigenvalue weighted by atomic mass is 16.5. The number of anilines is 1. The molecule has 1 aromatic heterocycles. The number of nitrogens with zero attached hydrogens (tertiary/aromatic N) is 2. The molecule has 1 atom stereocenters. The monoisotopic (exact) mass is 409 g/mol. The van der Waals surface area contributed by atoms with E-state index < -0.39 is 0 Å². The van der Waals surface area contributed by atoms with Crippen LogP contribution < -0.4 is 24.3 Å². The number of hydrogen-bond acceptors (Lipinski definition) is 6. The van der Waals surface area contributed by atoms with Gasteiger partial charge in [0, 0.05) is 30.0 Å². The maximum atomic E-state index is 12.6. The largest absolute Gasteiger partial charge is 0.497 e. The van der Waals surface area contributed by atoms with Crippen LogP contribution in [0.3, 0.4) is 0 Å². The predicted molar refractivity (Wildman–Crippen MR) is 111 cm³/mol. The third-order valence-electron chi connectivity index (χ3n) is 5.23. The lowest BCUT2D eigenvalue weighted by molar-refractivity contribution is -0.116. The van der Waals surface area contributed by atoms with Gasteiger partial charge in [-0.2, -0.15) is 0 Å². The molecule has 2 aromatic carbocycles. The standard InChI is InChI=1S/C22H23N3O5/c1-27-13-6-8-18(29-3)17(9-13)25-12-23-21-16(11-20(26)24-22(21)25)15-7-5-14(28-2)10-19(15)30-4/h5-10,12,16H,11H2,1-4H3,(H,24,26)/t16-/m0/s1. The molecule has 1 aliphatic heterocycles. The van der Waals surface area contributed by atoms with Crippen molar-refractivity contribution in [2.75, 3.05) is 33.8 Å². The SMILES string of the molecule is COc1ccc([C@@H]2CC(=O)Nc3c2ncn3-c2cc(OC)ccc2OC)c(OC)c1. The minimum Gasteiger partial charge on any atom is -0.497 e. The van der Waals surface area contributed by atoms with Gasteiger partial charge in [0.2, 0.25) is 5.91 Å². The molecule has 0 fully saturated rings. The Morgan fingerprint density at radius 1 is 0.933 bits per heavy atom. The zero-order valence-corrected chi connectivity index (χ0v) is 17.3. The Kier molecular flexibility index (Phi) is 5.22. The van der Waals surface area contributed by atoms with Gasteiger partial charge in [0.15, 0.2) is 0 Å². The van der Waals surface area contributed by atoms with E-state index in [4.69, 9.17) is 18.9 Å². The van der Waals surface area contributed by atoms with Gasteiger partial charge in [0.05, 0.1) is 39.8 Å². The fraction of sp³-hybridized carbons (Fsp3) is 0.273. The summed E-state index contributed by atoms with van der Waals surface area (Å²) in [5.41, 5.74) is 2.34. The molecule has 0 saturated heterocycles. The first kappa shape index (κ1) is 19.6. The molecule has 0 spiro atoms. The average Bonchev–Trinajstić information content (AvgIpc) is 3.21. The summed E-state index contributed by atoms with van der Waals surface area (Å²) < 4.78 is 23.5. The molecule has 0 radical (unpaired) electrons. The zero-order valence-electron chi connectivity index (χ0n) is 17.3. The summed E-state index contributed by atoms with van der Waals surface area (Å²) in [7, 11) is 6.40. The Hall–Kier alpha value is -3.68. The van der Waals surface area contributed by atoms with Crippen LogP contribution in [0, 0.1) is 0 Å². The number of amides is 1. The smallest absolute Gasteiger partial charge is 0.226 e. The summed E-state index contributed by atoms with van der Waals surface area (Å²) in [6.07, 6.45) is 1.94. The number of rotatable bonds is 6. The summed E-state index contributed by atoms with van der Waals surface area (Å²) in [5, 5.41) is 2.96. The van der Waals surface area contributed by atoms with Crippen LogP contribution in [0.5, 0.6) is 23.0 Å². The third-order valence-corrected chi connectivity index (χ3v) is 5.23. The Labute approximate surface area is 174 Å². The van der Waals surface area contributed by atoms with Crippen molar-refractivity contribution in [3.05, 3.63) is 54.0 Å². The molecule has 8 nitrogen and oxygen atoms in total. The first-order valence-electron chi connectivity index (χ1n) is 9.41. The quantitative estimate of drug-likeness (QED) is 0.672. The maximum Gasteiger partial charge on any atom is 0.226 e. The van der Waals surface area contributed by atoms with Gasteiger partial charge in [0.1, 0.15) is 35.1 Å². The number of nitrogens with one attached hydrogen (secondary N) is 1. The van der Waals surface area contributed by atoms with Gasteiger partial charge in [-0.3, -0.25) is 9.36 Å². The van der Waals surface area contributed by atoms with Gasteiger partial charge in [-0.1, -0.05) is 6.07 Å². The number of imidazole rings is 1. The summed E-state index contributed by atoms with van der Waals surface area (Å²) in [4.78, 5) is 17.3. The van der Waals surface area contributed by atoms with Crippen LogP contribution in [0.25, 0.3) is 5.69 Å². The van der Waals surface area contributed by atoms with Crippen LogP contribution >= 0.6 is 0 Å². The van der Waals surface area contributed by atoms with E-state index >= 15 is 0 Å². The number of ether oxygens (including phenoxy) is 4. The highest BCUT2D eigenvalue weighted by Crippen LogP contribution is 2.42. The minimum atomic E-state index is -0.257. The molecule has 30 heavy (non-hydrogen) atoms. The van der Waals surface area contributed by atoms with Crippen LogP contribution in [0.2, 0.25) is 0 Å². The van der Waals surface area contributed by atoms with Crippen molar-refractivity contribution < 1.29 is 23.7 Å². The van der Waals surface area contributed by atoms with Gasteiger partial charge < -0.3 is 24.3 Å². The molecule has 2 heterocycles. The van der Waals surface area contributed by atoms with Crippen LogP contribution in [0.4, 0.5) is 5.82 Å². The molecule has 8 heteroatoms. The Morgan fingerprint density at radius 2 is 1.63 bits per heavy atom. The molecule has 156 valence electrons. The van der Waals surface area contributed by atoms with E-state index in [1.807, 2.05) is 36.4 Å². The van der Waals surface area contributed by atoms with E-state index in [9.17, 15) is 4.79 Å². The maximum absolute atomic E-state index is 12.6. The number of carbonyl (C=O) groups excluding carboxylic acids is 1. The molecule has 1 amide bonds. The molecule has 1 N–H and O–H groups in total. The number of aromatic nitrogens is 2.